The molecule has 0 aliphatic heterocycles. The van der Waals surface area contributed by atoms with Gasteiger partial charge in [0, 0.05) is 6.04 Å². The molecule has 106 valence electrons. The monoisotopic (exact) mass is 263 g/mol. The van der Waals surface area contributed by atoms with Gasteiger partial charge in [0.2, 0.25) is 0 Å². The molecule has 0 aliphatic rings. The highest BCUT2D eigenvalue weighted by molar-refractivity contribution is 5.78. The Morgan fingerprint density at radius 2 is 1.84 bits per heavy atom. The van der Waals surface area contributed by atoms with E-state index in [0.29, 0.717) is 6.42 Å². The molecule has 0 aromatic heterocycles. The van der Waals surface area contributed by atoms with Crippen molar-refractivity contribution in [2.45, 2.75) is 59.0 Å². The first kappa shape index (κ1) is 15.7. The van der Waals surface area contributed by atoms with Crippen LogP contribution in [0.1, 0.15) is 56.3 Å². The smallest absolute Gasteiger partial charge is 0.323 e. The number of aryl methyl sites for hydroxylation is 2. The third-order valence-electron chi connectivity index (χ3n) is 3.50. The molecular weight excluding hydrogens is 238 g/mol. The molecule has 0 saturated heterocycles. The standard InChI is InChI=1S/C16H25NO2/c1-6-7-16(5,15(18)19)17-13(4)14-9-11(2)8-12(3)10-14/h8-10,13,17H,6-7H2,1-5H3,(H,18,19). The number of carboxylic acid groups (broad SMARTS) is 1. The maximum atomic E-state index is 11.4. The Bertz CT molecular complexity index is 436. The second kappa shape index (κ2) is 6.20. The summed E-state index contributed by atoms with van der Waals surface area (Å²) >= 11 is 0. The number of hydrogen-bond donors (Lipinski definition) is 2. The van der Waals surface area contributed by atoms with Gasteiger partial charge in [-0.25, -0.2) is 0 Å². The van der Waals surface area contributed by atoms with E-state index in [0.717, 1.165) is 12.0 Å². The normalized spacial score (nSPS) is 15.8. The van der Waals surface area contributed by atoms with E-state index in [2.05, 4.69) is 37.4 Å². The van der Waals surface area contributed by atoms with Crippen LogP contribution in [0.3, 0.4) is 0 Å². The molecule has 19 heavy (non-hydrogen) atoms. The number of rotatable bonds is 6. The molecule has 2 atom stereocenters. The molecule has 1 aromatic rings. The Labute approximate surface area is 116 Å². The molecule has 1 aromatic carbocycles. The molecule has 3 heteroatoms. The molecule has 2 unspecified atom stereocenters. The quantitative estimate of drug-likeness (QED) is 0.824. The van der Waals surface area contributed by atoms with Gasteiger partial charge in [0.15, 0.2) is 0 Å². The topological polar surface area (TPSA) is 49.3 Å². The highest BCUT2D eigenvalue weighted by Gasteiger charge is 2.33. The average Bonchev–Trinajstić information content (AvgIpc) is 2.27. The summed E-state index contributed by atoms with van der Waals surface area (Å²) in [7, 11) is 0. The van der Waals surface area contributed by atoms with Crippen molar-refractivity contribution in [3.63, 3.8) is 0 Å². The number of nitrogens with one attached hydrogen (secondary N) is 1. The number of aliphatic carboxylic acids is 1. The van der Waals surface area contributed by atoms with E-state index in [4.69, 9.17) is 0 Å². The molecule has 3 nitrogen and oxygen atoms in total. The van der Waals surface area contributed by atoms with Crippen molar-refractivity contribution in [2.24, 2.45) is 0 Å². The summed E-state index contributed by atoms with van der Waals surface area (Å²) in [5.41, 5.74) is 2.68. The van der Waals surface area contributed by atoms with E-state index in [9.17, 15) is 9.90 Å². The zero-order valence-electron chi connectivity index (χ0n) is 12.6. The van der Waals surface area contributed by atoms with Gasteiger partial charge < -0.3 is 5.11 Å². The minimum Gasteiger partial charge on any atom is -0.480 e. The maximum absolute atomic E-state index is 11.4. The Morgan fingerprint density at radius 1 is 1.32 bits per heavy atom. The van der Waals surface area contributed by atoms with Gasteiger partial charge in [0.1, 0.15) is 5.54 Å². The van der Waals surface area contributed by atoms with Crippen LogP contribution in [0.15, 0.2) is 18.2 Å². The first-order valence-electron chi connectivity index (χ1n) is 6.88. The summed E-state index contributed by atoms with van der Waals surface area (Å²) in [6.45, 7) is 9.91. The Kier molecular flexibility index (Phi) is 5.12. The molecule has 1 rings (SSSR count). The van der Waals surface area contributed by atoms with Crippen molar-refractivity contribution in [3.05, 3.63) is 34.9 Å². The third kappa shape index (κ3) is 4.06. The fraction of sp³-hybridized carbons (Fsp3) is 0.562. The zero-order chi connectivity index (χ0) is 14.6. The van der Waals surface area contributed by atoms with E-state index in [1.807, 2.05) is 13.8 Å². The number of carboxylic acids is 1. The number of hydrogen-bond acceptors (Lipinski definition) is 2. The van der Waals surface area contributed by atoms with Crippen LogP contribution in [-0.4, -0.2) is 16.6 Å². The fourth-order valence-corrected chi connectivity index (χ4v) is 2.56. The molecule has 0 aliphatic carbocycles. The molecule has 0 amide bonds. The van der Waals surface area contributed by atoms with Gasteiger partial charge in [0.25, 0.3) is 0 Å². The summed E-state index contributed by atoms with van der Waals surface area (Å²) in [5, 5.41) is 12.7. The lowest BCUT2D eigenvalue weighted by Crippen LogP contribution is -2.50. The van der Waals surface area contributed by atoms with Gasteiger partial charge in [-0.3, -0.25) is 10.1 Å². The van der Waals surface area contributed by atoms with Crippen molar-refractivity contribution in [1.82, 2.24) is 5.32 Å². The van der Waals surface area contributed by atoms with Crippen LogP contribution >= 0.6 is 0 Å². The number of carbonyl (C=O) groups is 1. The van der Waals surface area contributed by atoms with Gasteiger partial charge in [0.05, 0.1) is 0 Å². The van der Waals surface area contributed by atoms with Crippen LogP contribution < -0.4 is 5.32 Å². The zero-order valence-corrected chi connectivity index (χ0v) is 12.6. The molecular formula is C16H25NO2. The minimum atomic E-state index is -0.869. The van der Waals surface area contributed by atoms with E-state index < -0.39 is 11.5 Å². The second-order valence-electron chi connectivity index (χ2n) is 5.67. The van der Waals surface area contributed by atoms with Crippen LogP contribution in [0.4, 0.5) is 0 Å². The van der Waals surface area contributed by atoms with Crippen LogP contribution in [-0.2, 0) is 4.79 Å². The van der Waals surface area contributed by atoms with Gasteiger partial charge in [-0.05, 0) is 39.7 Å². The van der Waals surface area contributed by atoms with Crippen LogP contribution in [0.2, 0.25) is 0 Å². The predicted molar refractivity (Wildman–Crippen MR) is 78.4 cm³/mol. The summed E-state index contributed by atoms with van der Waals surface area (Å²) in [6, 6.07) is 6.36. The molecule has 0 heterocycles. The van der Waals surface area contributed by atoms with E-state index in [1.165, 1.54) is 11.1 Å². The SMILES string of the molecule is CCCC(C)(NC(C)c1cc(C)cc(C)c1)C(=O)O. The number of benzene rings is 1. The first-order valence-corrected chi connectivity index (χ1v) is 6.88. The van der Waals surface area contributed by atoms with E-state index in [1.54, 1.807) is 6.92 Å². The van der Waals surface area contributed by atoms with Crippen molar-refractivity contribution >= 4 is 5.97 Å². The summed E-state index contributed by atoms with van der Waals surface area (Å²) < 4.78 is 0. The Morgan fingerprint density at radius 3 is 2.26 bits per heavy atom. The van der Waals surface area contributed by atoms with Crippen LogP contribution in [0.5, 0.6) is 0 Å². The molecule has 0 radical (unpaired) electrons. The van der Waals surface area contributed by atoms with E-state index in [-0.39, 0.29) is 6.04 Å². The van der Waals surface area contributed by atoms with Crippen molar-refractivity contribution < 1.29 is 9.90 Å². The van der Waals surface area contributed by atoms with Crippen LogP contribution in [0, 0.1) is 13.8 Å². The lowest BCUT2D eigenvalue weighted by molar-refractivity contribution is -0.144. The first-order chi connectivity index (χ1) is 8.78. The third-order valence-corrected chi connectivity index (χ3v) is 3.50. The highest BCUT2D eigenvalue weighted by atomic mass is 16.4. The van der Waals surface area contributed by atoms with Crippen molar-refractivity contribution in [3.8, 4) is 0 Å². The Balaban J connectivity index is 2.93. The predicted octanol–water partition coefficient (Wildman–Crippen LogP) is 3.60. The Hall–Kier alpha value is -1.35. The van der Waals surface area contributed by atoms with Gasteiger partial charge >= 0.3 is 5.97 Å². The maximum Gasteiger partial charge on any atom is 0.323 e. The summed E-state index contributed by atoms with van der Waals surface area (Å²) in [6.07, 6.45) is 1.47. The van der Waals surface area contributed by atoms with Crippen molar-refractivity contribution in [2.75, 3.05) is 0 Å². The fourth-order valence-electron chi connectivity index (χ4n) is 2.56. The molecule has 0 bridgehead atoms. The second-order valence-corrected chi connectivity index (χ2v) is 5.67. The van der Waals surface area contributed by atoms with Gasteiger partial charge in [-0.1, -0.05) is 42.7 Å². The minimum absolute atomic E-state index is 0.0197. The largest absolute Gasteiger partial charge is 0.480 e. The summed E-state index contributed by atoms with van der Waals surface area (Å²) in [5.74, 6) is -0.787. The van der Waals surface area contributed by atoms with Crippen LogP contribution in [0.25, 0.3) is 0 Å². The van der Waals surface area contributed by atoms with Gasteiger partial charge in [-0.2, -0.15) is 0 Å². The molecule has 2 N–H and O–H groups in total. The average molecular weight is 263 g/mol. The van der Waals surface area contributed by atoms with Crippen molar-refractivity contribution in [1.29, 1.82) is 0 Å². The van der Waals surface area contributed by atoms with Gasteiger partial charge in [-0.15, -0.1) is 0 Å². The lowest BCUT2D eigenvalue weighted by atomic mass is 9.93. The summed E-state index contributed by atoms with van der Waals surface area (Å²) in [4.78, 5) is 11.4. The van der Waals surface area contributed by atoms with E-state index >= 15 is 0 Å². The highest BCUT2D eigenvalue weighted by Crippen LogP contribution is 2.22. The molecule has 0 fully saturated rings. The molecule has 0 spiro atoms. The molecule has 0 saturated carbocycles. The lowest BCUT2D eigenvalue weighted by Gasteiger charge is -2.30.